The highest BCUT2D eigenvalue weighted by molar-refractivity contribution is 5.23. The van der Waals surface area contributed by atoms with Gasteiger partial charge in [-0.15, -0.1) is 0 Å². The first kappa shape index (κ1) is 12.9. The number of ether oxygens (including phenoxy) is 1. The first-order chi connectivity index (χ1) is 9.35. The second-order valence-electron chi connectivity index (χ2n) is 5.51. The van der Waals surface area contributed by atoms with E-state index in [1.165, 1.54) is 19.3 Å². The molecule has 19 heavy (non-hydrogen) atoms. The molecule has 6 nitrogen and oxygen atoms in total. The zero-order valence-corrected chi connectivity index (χ0v) is 11.5. The van der Waals surface area contributed by atoms with E-state index in [1.54, 1.807) is 7.11 Å². The third-order valence-corrected chi connectivity index (χ3v) is 3.83. The van der Waals surface area contributed by atoms with Crippen LogP contribution >= 0.6 is 0 Å². The predicted octanol–water partition coefficient (Wildman–Crippen LogP) is 1.47. The van der Waals surface area contributed by atoms with Gasteiger partial charge < -0.3 is 14.6 Å². The molecule has 1 aromatic rings. The Labute approximate surface area is 113 Å². The Morgan fingerprint density at radius 2 is 2.32 bits per heavy atom. The van der Waals surface area contributed by atoms with Crippen LogP contribution in [0, 0.1) is 0 Å². The lowest BCUT2D eigenvalue weighted by Gasteiger charge is -2.32. The average Bonchev–Trinajstić information content (AvgIpc) is 3.18. The van der Waals surface area contributed by atoms with Gasteiger partial charge in [0.15, 0.2) is 5.82 Å². The van der Waals surface area contributed by atoms with E-state index < -0.39 is 0 Å². The van der Waals surface area contributed by atoms with Crippen LogP contribution in [0.2, 0.25) is 0 Å². The van der Waals surface area contributed by atoms with Gasteiger partial charge in [-0.25, -0.2) is 0 Å². The molecule has 1 aromatic heterocycles. The molecular weight excluding hydrogens is 244 g/mol. The number of nitrogens with one attached hydrogen (secondary N) is 1. The molecule has 1 atom stereocenters. The van der Waals surface area contributed by atoms with Crippen molar-refractivity contribution in [2.75, 3.05) is 38.7 Å². The van der Waals surface area contributed by atoms with Crippen LogP contribution < -0.4 is 5.32 Å². The highest BCUT2D eigenvalue weighted by Gasteiger charge is 2.29. The standard InChI is InChI=1S/C13H22N4O2/c1-18-8-7-17-6-2-3-11(9-17)14-13-15-12(16-19-13)10-4-5-10/h10-11H,2-9H2,1H3,(H,14,15,16). The summed E-state index contributed by atoms with van der Waals surface area (Å²) in [6.45, 7) is 3.95. The van der Waals surface area contributed by atoms with E-state index in [-0.39, 0.29) is 0 Å². The van der Waals surface area contributed by atoms with Crippen LogP contribution in [0.3, 0.4) is 0 Å². The van der Waals surface area contributed by atoms with Crippen molar-refractivity contribution < 1.29 is 9.26 Å². The minimum absolute atomic E-state index is 0.401. The smallest absolute Gasteiger partial charge is 0.321 e. The molecule has 2 fully saturated rings. The van der Waals surface area contributed by atoms with Crippen molar-refractivity contribution in [3.05, 3.63) is 5.82 Å². The molecule has 1 aliphatic heterocycles. The molecule has 2 heterocycles. The van der Waals surface area contributed by atoms with Crippen LogP contribution in [0.15, 0.2) is 4.52 Å². The van der Waals surface area contributed by atoms with Crippen LogP contribution in [-0.2, 0) is 4.74 Å². The van der Waals surface area contributed by atoms with Gasteiger partial charge in [-0.2, -0.15) is 4.98 Å². The normalized spacial score (nSPS) is 24.6. The van der Waals surface area contributed by atoms with E-state index in [2.05, 4.69) is 20.4 Å². The number of piperidine rings is 1. The first-order valence-electron chi connectivity index (χ1n) is 7.16. The molecule has 0 amide bonds. The van der Waals surface area contributed by atoms with Crippen molar-refractivity contribution in [1.29, 1.82) is 0 Å². The van der Waals surface area contributed by atoms with Gasteiger partial charge in [-0.05, 0) is 32.2 Å². The molecule has 2 aliphatic rings. The topological polar surface area (TPSA) is 63.4 Å². The largest absolute Gasteiger partial charge is 0.383 e. The molecule has 1 aliphatic carbocycles. The van der Waals surface area contributed by atoms with E-state index >= 15 is 0 Å². The van der Waals surface area contributed by atoms with Gasteiger partial charge in [0.05, 0.1) is 6.61 Å². The van der Waals surface area contributed by atoms with Crippen molar-refractivity contribution in [2.24, 2.45) is 0 Å². The van der Waals surface area contributed by atoms with Gasteiger partial charge in [0.25, 0.3) is 0 Å². The van der Waals surface area contributed by atoms with Gasteiger partial charge in [-0.3, -0.25) is 4.90 Å². The van der Waals surface area contributed by atoms with Gasteiger partial charge >= 0.3 is 6.01 Å². The Morgan fingerprint density at radius 1 is 1.42 bits per heavy atom. The summed E-state index contributed by atoms with van der Waals surface area (Å²) in [6, 6.07) is 0.985. The Hall–Kier alpha value is -1.14. The molecule has 0 bridgehead atoms. The lowest BCUT2D eigenvalue weighted by molar-refractivity contribution is 0.131. The number of rotatable bonds is 6. The maximum atomic E-state index is 5.27. The lowest BCUT2D eigenvalue weighted by Crippen LogP contribution is -2.43. The van der Waals surface area contributed by atoms with Crippen LogP contribution in [-0.4, -0.2) is 54.4 Å². The van der Waals surface area contributed by atoms with Gasteiger partial charge in [-0.1, -0.05) is 5.16 Å². The Morgan fingerprint density at radius 3 is 3.11 bits per heavy atom. The number of nitrogens with zero attached hydrogens (tertiary/aromatic N) is 3. The number of aromatic nitrogens is 2. The monoisotopic (exact) mass is 266 g/mol. The summed E-state index contributed by atoms with van der Waals surface area (Å²) in [5, 5.41) is 7.40. The second kappa shape index (κ2) is 5.88. The zero-order chi connectivity index (χ0) is 13.1. The Balaban J connectivity index is 1.50. The number of hydrogen-bond acceptors (Lipinski definition) is 6. The summed E-state index contributed by atoms with van der Waals surface area (Å²) in [7, 11) is 1.75. The van der Waals surface area contributed by atoms with Crippen molar-refractivity contribution in [3.8, 4) is 0 Å². The molecule has 0 spiro atoms. The van der Waals surface area contributed by atoms with Crippen molar-refractivity contribution in [1.82, 2.24) is 15.0 Å². The molecule has 1 saturated heterocycles. The zero-order valence-electron chi connectivity index (χ0n) is 11.5. The molecule has 1 unspecified atom stereocenters. The maximum Gasteiger partial charge on any atom is 0.321 e. The molecule has 106 valence electrons. The fourth-order valence-electron chi connectivity index (χ4n) is 2.57. The van der Waals surface area contributed by atoms with E-state index in [1.807, 2.05) is 0 Å². The molecule has 0 radical (unpaired) electrons. The van der Waals surface area contributed by atoms with Crippen molar-refractivity contribution >= 4 is 6.01 Å². The number of likely N-dealkylation sites (tertiary alicyclic amines) is 1. The molecule has 1 saturated carbocycles. The molecular formula is C13H22N4O2. The second-order valence-corrected chi connectivity index (χ2v) is 5.51. The van der Waals surface area contributed by atoms with Crippen molar-refractivity contribution in [2.45, 2.75) is 37.6 Å². The minimum atomic E-state index is 0.401. The van der Waals surface area contributed by atoms with Crippen LogP contribution in [0.4, 0.5) is 6.01 Å². The summed E-state index contributed by atoms with van der Waals surface area (Å²) >= 11 is 0. The van der Waals surface area contributed by atoms with Crippen molar-refractivity contribution in [3.63, 3.8) is 0 Å². The summed E-state index contributed by atoms with van der Waals surface area (Å²) in [5.41, 5.74) is 0. The first-order valence-corrected chi connectivity index (χ1v) is 7.16. The third kappa shape index (κ3) is 3.45. The third-order valence-electron chi connectivity index (χ3n) is 3.83. The van der Waals surface area contributed by atoms with E-state index in [4.69, 9.17) is 9.26 Å². The van der Waals surface area contributed by atoms with E-state index in [0.717, 1.165) is 38.5 Å². The summed E-state index contributed by atoms with van der Waals surface area (Å²) < 4.78 is 10.4. The number of anilines is 1. The van der Waals surface area contributed by atoms with Crippen LogP contribution in [0.1, 0.15) is 37.4 Å². The Bertz CT molecular complexity index is 405. The number of methoxy groups -OCH3 is 1. The fourth-order valence-corrected chi connectivity index (χ4v) is 2.57. The van der Waals surface area contributed by atoms with E-state index in [9.17, 15) is 0 Å². The summed E-state index contributed by atoms with van der Waals surface area (Å²) in [4.78, 5) is 6.84. The fraction of sp³-hybridized carbons (Fsp3) is 0.846. The molecule has 3 rings (SSSR count). The quantitative estimate of drug-likeness (QED) is 0.841. The average molecular weight is 266 g/mol. The van der Waals surface area contributed by atoms with Gasteiger partial charge in [0.2, 0.25) is 0 Å². The molecule has 0 aromatic carbocycles. The van der Waals surface area contributed by atoms with E-state index in [0.29, 0.717) is 18.0 Å². The van der Waals surface area contributed by atoms with Gasteiger partial charge in [0.1, 0.15) is 0 Å². The molecule has 1 N–H and O–H groups in total. The van der Waals surface area contributed by atoms with Gasteiger partial charge in [0, 0.05) is 32.2 Å². The minimum Gasteiger partial charge on any atom is -0.383 e. The number of hydrogen-bond donors (Lipinski definition) is 1. The highest BCUT2D eigenvalue weighted by Crippen LogP contribution is 2.38. The maximum absolute atomic E-state index is 5.27. The highest BCUT2D eigenvalue weighted by atomic mass is 16.5. The Kier molecular flexibility index (Phi) is 3.98. The lowest BCUT2D eigenvalue weighted by atomic mass is 10.1. The predicted molar refractivity (Wildman–Crippen MR) is 71.2 cm³/mol. The SMILES string of the molecule is COCCN1CCCC(Nc2nc(C3CC3)no2)C1. The summed E-state index contributed by atoms with van der Waals surface area (Å²) in [5.74, 6) is 1.42. The van der Waals surface area contributed by atoms with Crippen LogP contribution in [0.25, 0.3) is 0 Å². The molecule has 6 heteroatoms. The summed E-state index contributed by atoms with van der Waals surface area (Å²) in [6.07, 6.45) is 4.76. The van der Waals surface area contributed by atoms with Crippen LogP contribution in [0.5, 0.6) is 0 Å².